The van der Waals surface area contributed by atoms with Crippen LogP contribution in [0.1, 0.15) is 18.1 Å². The van der Waals surface area contributed by atoms with E-state index >= 15 is 0 Å². The Labute approximate surface area is 102 Å². The number of rotatable bonds is 4. The molecule has 0 aromatic heterocycles. The summed E-state index contributed by atoms with van der Waals surface area (Å²) in [5.74, 6) is -0.279. The molecule has 1 aliphatic rings. The summed E-state index contributed by atoms with van der Waals surface area (Å²) in [6.45, 7) is 5.05. The number of fused-ring (bicyclic) bond motifs is 1. The van der Waals surface area contributed by atoms with Crippen molar-refractivity contribution < 1.29 is 4.79 Å². The van der Waals surface area contributed by atoms with Crippen LogP contribution in [0.3, 0.4) is 0 Å². The number of nitrogens with two attached hydrogens (primary N) is 1. The minimum atomic E-state index is -0.279. The van der Waals surface area contributed by atoms with E-state index in [4.69, 9.17) is 5.73 Å². The first-order chi connectivity index (χ1) is 8.22. The summed E-state index contributed by atoms with van der Waals surface area (Å²) in [6, 6.07) is 6.27. The van der Waals surface area contributed by atoms with Gasteiger partial charge in [0.1, 0.15) is 0 Å². The molecule has 4 heteroatoms. The second kappa shape index (κ2) is 5.19. The van der Waals surface area contributed by atoms with Crippen molar-refractivity contribution >= 4 is 11.6 Å². The molecule has 0 saturated heterocycles. The lowest BCUT2D eigenvalue weighted by atomic mass is 9.98. The quantitative estimate of drug-likeness (QED) is 0.802. The van der Waals surface area contributed by atoms with E-state index in [0.717, 1.165) is 31.7 Å². The number of primary amides is 1. The molecule has 4 nitrogen and oxygen atoms in total. The summed E-state index contributed by atoms with van der Waals surface area (Å²) < 4.78 is 0. The van der Waals surface area contributed by atoms with E-state index in [9.17, 15) is 4.79 Å². The molecular formula is C13H19N3O. The second-order valence-corrected chi connectivity index (χ2v) is 4.32. The molecule has 0 bridgehead atoms. The van der Waals surface area contributed by atoms with Gasteiger partial charge in [-0.3, -0.25) is 4.79 Å². The zero-order valence-electron chi connectivity index (χ0n) is 10.2. The number of likely N-dealkylation sites (N-methyl/N-ethyl adjacent to an activating group) is 1. The van der Waals surface area contributed by atoms with Crippen molar-refractivity contribution in [2.75, 3.05) is 24.5 Å². The first kappa shape index (κ1) is 11.9. The van der Waals surface area contributed by atoms with Crippen molar-refractivity contribution in [3.05, 3.63) is 29.3 Å². The van der Waals surface area contributed by atoms with Gasteiger partial charge in [0.25, 0.3) is 0 Å². The van der Waals surface area contributed by atoms with Crippen molar-refractivity contribution in [1.82, 2.24) is 5.32 Å². The molecule has 0 spiro atoms. The Balaban J connectivity index is 2.32. The number of hydrogen-bond donors (Lipinski definition) is 2. The summed E-state index contributed by atoms with van der Waals surface area (Å²) in [5, 5.41) is 3.36. The Hall–Kier alpha value is -1.55. The summed E-state index contributed by atoms with van der Waals surface area (Å²) in [5.41, 5.74) is 9.13. The predicted molar refractivity (Wildman–Crippen MR) is 68.9 cm³/mol. The van der Waals surface area contributed by atoms with Crippen LogP contribution in [0.4, 0.5) is 5.69 Å². The van der Waals surface area contributed by atoms with Gasteiger partial charge in [-0.25, -0.2) is 0 Å². The Morgan fingerprint density at radius 2 is 2.35 bits per heavy atom. The molecule has 17 heavy (non-hydrogen) atoms. The van der Waals surface area contributed by atoms with Crippen molar-refractivity contribution in [2.24, 2.45) is 5.73 Å². The van der Waals surface area contributed by atoms with E-state index in [-0.39, 0.29) is 5.91 Å². The molecule has 0 aliphatic carbocycles. The third-order valence-electron chi connectivity index (χ3n) is 3.18. The van der Waals surface area contributed by atoms with Crippen molar-refractivity contribution in [2.45, 2.75) is 19.9 Å². The van der Waals surface area contributed by atoms with E-state index < -0.39 is 0 Å². The van der Waals surface area contributed by atoms with Crippen LogP contribution in [0.2, 0.25) is 0 Å². The third kappa shape index (κ3) is 2.58. The molecule has 0 saturated carbocycles. The molecule has 2 rings (SSSR count). The van der Waals surface area contributed by atoms with E-state index in [1.54, 1.807) is 0 Å². The van der Waals surface area contributed by atoms with Gasteiger partial charge in [-0.15, -0.1) is 0 Å². The Morgan fingerprint density at radius 3 is 3.06 bits per heavy atom. The molecule has 0 unspecified atom stereocenters. The van der Waals surface area contributed by atoms with Gasteiger partial charge in [0.05, 0.1) is 6.54 Å². The van der Waals surface area contributed by atoms with Crippen LogP contribution < -0.4 is 16.0 Å². The number of hydrogen-bond acceptors (Lipinski definition) is 3. The summed E-state index contributed by atoms with van der Waals surface area (Å²) in [4.78, 5) is 13.1. The van der Waals surface area contributed by atoms with Crippen LogP contribution in [0.15, 0.2) is 18.2 Å². The molecule has 1 aromatic rings. The maximum absolute atomic E-state index is 11.1. The highest BCUT2D eigenvalue weighted by Gasteiger charge is 2.16. The number of nitrogens with zero attached hydrogens (tertiary/aromatic N) is 1. The molecule has 0 atom stereocenters. The third-order valence-corrected chi connectivity index (χ3v) is 3.18. The highest BCUT2D eigenvalue weighted by molar-refractivity contribution is 5.80. The average Bonchev–Trinajstić information content (AvgIpc) is 2.35. The molecule has 92 valence electrons. The van der Waals surface area contributed by atoms with Crippen LogP contribution in [0.5, 0.6) is 0 Å². The Kier molecular flexibility index (Phi) is 3.64. The van der Waals surface area contributed by atoms with Gasteiger partial charge in [-0.1, -0.05) is 12.1 Å². The van der Waals surface area contributed by atoms with Crippen LogP contribution >= 0.6 is 0 Å². The van der Waals surface area contributed by atoms with E-state index in [0.29, 0.717) is 6.54 Å². The summed E-state index contributed by atoms with van der Waals surface area (Å²) in [6.07, 6.45) is 1.01. The van der Waals surface area contributed by atoms with Crippen LogP contribution in [0, 0.1) is 0 Å². The predicted octanol–water partition coefficient (Wildman–Crippen LogP) is 0.644. The molecule has 0 fully saturated rings. The van der Waals surface area contributed by atoms with E-state index in [1.807, 2.05) is 17.9 Å². The van der Waals surface area contributed by atoms with Crippen LogP contribution in [-0.2, 0) is 17.8 Å². The molecular weight excluding hydrogens is 214 g/mol. The zero-order valence-corrected chi connectivity index (χ0v) is 10.2. The van der Waals surface area contributed by atoms with Gasteiger partial charge in [0, 0.05) is 18.8 Å². The van der Waals surface area contributed by atoms with Crippen LogP contribution in [-0.4, -0.2) is 25.5 Å². The number of carbonyl (C=O) groups is 1. The summed E-state index contributed by atoms with van der Waals surface area (Å²) >= 11 is 0. The first-order valence-corrected chi connectivity index (χ1v) is 6.07. The van der Waals surface area contributed by atoms with Gasteiger partial charge in [-0.05, 0) is 37.1 Å². The normalized spacial score (nSPS) is 14.2. The topological polar surface area (TPSA) is 58.4 Å². The van der Waals surface area contributed by atoms with Gasteiger partial charge < -0.3 is 16.0 Å². The zero-order chi connectivity index (χ0) is 12.3. The molecule has 1 aliphatic heterocycles. The van der Waals surface area contributed by atoms with Gasteiger partial charge in [0.2, 0.25) is 5.91 Å². The van der Waals surface area contributed by atoms with Crippen molar-refractivity contribution in [3.63, 3.8) is 0 Å². The standard InChI is InChI=1S/C13H19N3O/c1-2-16(9-13(14)17)12-5-3-4-10-8-15-7-6-11(10)12/h3-5,15H,2,6-9H2,1H3,(H2,14,17). The minimum Gasteiger partial charge on any atom is -0.368 e. The molecule has 1 amide bonds. The van der Waals surface area contributed by atoms with E-state index in [1.165, 1.54) is 11.1 Å². The maximum Gasteiger partial charge on any atom is 0.236 e. The number of amides is 1. The van der Waals surface area contributed by atoms with Gasteiger partial charge in [-0.2, -0.15) is 0 Å². The van der Waals surface area contributed by atoms with Crippen molar-refractivity contribution in [3.8, 4) is 0 Å². The largest absolute Gasteiger partial charge is 0.368 e. The SMILES string of the molecule is CCN(CC(N)=O)c1cccc2c1CCNC2. The minimum absolute atomic E-state index is 0.279. The van der Waals surface area contributed by atoms with Crippen molar-refractivity contribution in [1.29, 1.82) is 0 Å². The highest BCUT2D eigenvalue weighted by Crippen LogP contribution is 2.26. The smallest absolute Gasteiger partial charge is 0.236 e. The lowest BCUT2D eigenvalue weighted by Gasteiger charge is -2.28. The van der Waals surface area contributed by atoms with Gasteiger partial charge in [0.15, 0.2) is 0 Å². The number of anilines is 1. The fraction of sp³-hybridized carbons (Fsp3) is 0.462. The van der Waals surface area contributed by atoms with Gasteiger partial charge >= 0.3 is 0 Å². The van der Waals surface area contributed by atoms with Crippen LogP contribution in [0.25, 0.3) is 0 Å². The molecule has 1 heterocycles. The monoisotopic (exact) mass is 233 g/mol. The molecule has 1 aromatic carbocycles. The fourth-order valence-electron chi connectivity index (χ4n) is 2.36. The number of benzene rings is 1. The fourth-order valence-corrected chi connectivity index (χ4v) is 2.36. The average molecular weight is 233 g/mol. The highest BCUT2D eigenvalue weighted by atomic mass is 16.1. The Bertz CT molecular complexity index is 417. The lowest BCUT2D eigenvalue weighted by Crippen LogP contribution is -2.35. The number of nitrogens with one attached hydrogen (secondary N) is 1. The lowest BCUT2D eigenvalue weighted by molar-refractivity contribution is -0.116. The maximum atomic E-state index is 11.1. The summed E-state index contributed by atoms with van der Waals surface area (Å²) in [7, 11) is 0. The Morgan fingerprint density at radius 1 is 1.53 bits per heavy atom. The second-order valence-electron chi connectivity index (χ2n) is 4.32. The van der Waals surface area contributed by atoms with E-state index in [2.05, 4.69) is 17.4 Å². The first-order valence-electron chi connectivity index (χ1n) is 6.07. The molecule has 3 N–H and O–H groups in total. The molecule has 0 radical (unpaired) electrons. The number of carbonyl (C=O) groups excluding carboxylic acids is 1.